The summed E-state index contributed by atoms with van der Waals surface area (Å²) in [5.74, 6) is 1.00. The van der Waals surface area contributed by atoms with Gasteiger partial charge in [-0.1, -0.05) is 6.92 Å². The number of rotatable bonds is 1. The summed E-state index contributed by atoms with van der Waals surface area (Å²) in [6.07, 6.45) is 8.79. The Hall–Kier alpha value is -0.0400. The summed E-state index contributed by atoms with van der Waals surface area (Å²) < 4.78 is 0. The van der Waals surface area contributed by atoms with Gasteiger partial charge in [0.05, 0.1) is 0 Å². The SMILES string of the molecule is C[C@H]1CC[C@H](N2CCCC2)CC1. The van der Waals surface area contributed by atoms with Crippen LogP contribution in [-0.4, -0.2) is 24.0 Å². The van der Waals surface area contributed by atoms with Crippen LogP contribution >= 0.6 is 0 Å². The second-order valence-electron chi connectivity index (χ2n) is 4.66. The van der Waals surface area contributed by atoms with Crippen molar-refractivity contribution in [2.75, 3.05) is 13.1 Å². The van der Waals surface area contributed by atoms with Crippen molar-refractivity contribution in [1.82, 2.24) is 4.90 Å². The van der Waals surface area contributed by atoms with Crippen molar-refractivity contribution in [3.8, 4) is 0 Å². The Morgan fingerprint density at radius 2 is 1.50 bits per heavy atom. The van der Waals surface area contributed by atoms with Gasteiger partial charge in [-0.25, -0.2) is 0 Å². The average molecular weight is 167 g/mol. The van der Waals surface area contributed by atoms with Crippen LogP contribution in [0.3, 0.4) is 0 Å². The molecule has 2 aliphatic rings. The first-order chi connectivity index (χ1) is 5.86. The molecule has 1 saturated carbocycles. The molecule has 0 aromatic carbocycles. The highest BCUT2D eigenvalue weighted by Crippen LogP contribution is 2.28. The number of hydrogen-bond acceptors (Lipinski definition) is 1. The maximum atomic E-state index is 2.73. The highest BCUT2D eigenvalue weighted by Gasteiger charge is 2.25. The standard InChI is InChI=1S/C11H21N/c1-10-4-6-11(7-5-10)12-8-2-3-9-12/h10-11H,2-9H2,1H3/t10-,11-. The van der Waals surface area contributed by atoms with E-state index in [2.05, 4.69) is 11.8 Å². The lowest BCUT2D eigenvalue weighted by molar-refractivity contribution is 0.169. The molecule has 1 aliphatic heterocycles. The van der Waals surface area contributed by atoms with Crippen LogP contribution in [0.4, 0.5) is 0 Å². The predicted molar refractivity (Wildman–Crippen MR) is 52.2 cm³/mol. The van der Waals surface area contributed by atoms with E-state index in [-0.39, 0.29) is 0 Å². The molecule has 0 unspecified atom stereocenters. The smallest absolute Gasteiger partial charge is 0.00954 e. The molecule has 0 aromatic rings. The fraction of sp³-hybridized carbons (Fsp3) is 1.00. The van der Waals surface area contributed by atoms with Gasteiger partial charge in [-0.2, -0.15) is 0 Å². The van der Waals surface area contributed by atoms with Crippen molar-refractivity contribution in [2.45, 2.75) is 51.5 Å². The van der Waals surface area contributed by atoms with Crippen LogP contribution in [0, 0.1) is 5.92 Å². The second kappa shape index (κ2) is 3.78. The lowest BCUT2D eigenvalue weighted by Crippen LogP contribution is -2.35. The molecule has 1 heterocycles. The highest BCUT2D eigenvalue weighted by molar-refractivity contribution is 4.80. The Morgan fingerprint density at radius 3 is 2.08 bits per heavy atom. The van der Waals surface area contributed by atoms with Gasteiger partial charge >= 0.3 is 0 Å². The fourth-order valence-electron chi connectivity index (χ4n) is 2.71. The van der Waals surface area contributed by atoms with Crippen LogP contribution in [-0.2, 0) is 0 Å². The predicted octanol–water partition coefficient (Wildman–Crippen LogP) is 2.66. The van der Waals surface area contributed by atoms with E-state index in [1.807, 2.05) is 0 Å². The molecule has 0 amide bonds. The van der Waals surface area contributed by atoms with E-state index in [9.17, 15) is 0 Å². The van der Waals surface area contributed by atoms with Crippen molar-refractivity contribution < 1.29 is 0 Å². The third-order valence-corrected chi connectivity index (χ3v) is 3.64. The normalized spacial score (nSPS) is 38.8. The highest BCUT2D eigenvalue weighted by atomic mass is 15.2. The van der Waals surface area contributed by atoms with Crippen molar-refractivity contribution in [3.63, 3.8) is 0 Å². The van der Waals surface area contributed by atoms with Gasteiger partial charge in [-0.05, 0) is 57.5 Å². The molecule has 0 atom stereocenters. The molecule has 70 valence electrons. The van der Waals surface area contributed by atoms with Crippen LogP contribution in [0.25, 0.3) is 0 Å². The largest absolute Gasteiger partial charge is 0.300 e. The molecular weight excluding hydrogens is 146 g/mol. The number of likely N-dealkylation sites (tertiary alicyclic amines) is 1. The Morgan fingerprint density at radius 1 is 0.917 bits per heavy atom. The molecule has 2 fully saturated rings. The molecule has 0 aromatic heterocycles. The zero-order valence-corrected chi connectivity index (χ0v) is 8.26. The van der Waals surface area contributed by atoms with E-state index in [1.54, 1.807) is 0 Å². The molecule has 1 nitrogen and oxygen atoms in total. The first-order valence-electron chi connectivity index (χ1n) is 5.60. The van der Waals surface area contributed by atoms with E-state index in [0.717, 1.165) is 12.0 Å². The Kier molecular flexibility index (Phi) is 2.69. The van der Waals surface area contributed by atoms with Crippen LogP contribution in [0.15, 0.2) is 0 Å². The van der Waals surface area contributed by atoms with E-state index in [1.165, 1.54) is 51.6 Å². The Balaban J connectivity index is 1.80. The zero-order valence-electron chi connectivity index (χ0n) is 8.26. The molecule has 0 spiro atoms. The molecule has 1 heteroatoms. The minimum absolute atomic E-state index is 0.962. The Bertz CT molecular complexity index is 130. The molecule has 0 N–H and O–H groups in total. The lowest BCUT2D eigenvalue weighted by Gasteiger charge is -2.33. The molecule has 2 rings (SSSR count). The van der Waals surface area contributed by atoms with Crippen molar-refractivity contribution >= 4 is 0 Å². The van der Waals surface area contributed by atoms with Gasteiger partial charge in [0.2, 0.25) is 0 Å². The van der Waals surface area contributed by atoms with Crippen molar-refractivity contribution in [1.29, 1.82) is 0 Å². The maximum absolute atomic E-state index is 2.73. The summed E-state index contributed by atoms with van der Waals surface area (Å²) in [7, 11) is 0. The molecule has 12 heavy (non-hydrogen) atoms. The van der Waals surface area contributed by atoms with Crippen LogP contribution in [0.2, 0.25) is 0 Å². The zero-order chi connectivity index (χ0) is 8.39. The Labute approximate surface area is 76.1 Å². The van der Waals surface area contributed by atoms with Crippen LogP contribution < -0.4 is 0 Å². The van der Waals surface area contributed by atoms with Gasteiger partial charge in [0.15, 0.2) is 0 Å². The lowest BCUT2D eigenvalue weighted by atomic mass is 9.87. The summed E-state index contributed by atoms with van der Waals surface area (Å²) >= 11 is 0. The summed E-state index contributed by atoms with van der Waals surface area (Å²) in [5, 5.41) is 0. The minimum Gasteiger partial charge on any atom is -0.300 e. The quantitative estimate of drug-likeness (QED) is 0.580. The summed E-state index contributed by atoms with van der Waals surface area (Å²) in [4.78, 5) is 2.73. The fourth-order valence-corrected chi connectivity index (χ4v) is 2.71. The first kappa shape index (κ1) is 8.55. The van der Waals surface area contributed by atoms with Crippen molar-refractivity contribution in [3.05, 3.63) is 0 Å². The molecule has 1 aliphatic carbocycles. The molecular formula is C11H21N. The topological polar surface area (TPSA) is 3.24 Å². The van der Waals surface area contributed by atoms with Crippen LogP contribution in [0.1, 0.15) is 45.4 Å². The van der Waals surface area contributed by atoms with E-state index in [0.29, 0.717) is 0 Å². The molecule has 0 bridgehead atoms. The first-order valence-corrected chi connectivity index (χ1v) is 5.60. The summed E-state index contributed by atoms with van der Waals surface area (Å²) in [6, 6.07) is 0.962. The number of nitrogens with zero attached hydrogens (tertiary/aromatic N) is 1. The van der Waals surface area contributed by atoms with Gasteiger partial charge in [-0.3, -0.25) is 0 Å². The van der Waals surface area contributed by atoms with E-state index < -0.39 is 0 Å². The minimum atomic E-state index is 0.962. The third-order valence-electron chi connectivity index (χ3n) is 3.64. The van der Waals surface area contributed by atoms with Crippen LogP contribution in [0.5, 0.6) is 0 Å². The monoisotopic (exact) mass is 167 g/mol. The van der Waals surface area contributed by atoms with Gasteiger partial charge in [0.1, 0.15) is 0 Å². The second-order valence-corrected chi connectivity index (χ2v) is 4.66. The number of hydrogen-bond donors (Lipinski definition) is 0. The third kappa shape index (κ3) is 1.82. The molecule has 0 radical (unpaired) electrons. The van der Waals surface area contributed by atoms with Gasteiger partial charge in [-0.15, -0.1) is 0 Å². The van der Waals surface area contributed by atoms with Gasteiger partial charge in [0.25, 0.3) is 0 Å². The average Bonchev–Trinajstić information content (AvgIpc) is 2.58. The van der Waals surface area contributed by atoms with Gasteiger partial charge in [0, 0.05) is 6.04 Å². The van der Waals surface area contributed by atoms with Crippen molar-refractivity contribution in [2.24, 2.45) is 5.92 Å². The summed E-state index contributed by atoms with van der Waals surface area (Å²) in [6.45, 7) is 5.18. The summed E-state index contributed by atoms with van der Waals surface area (Å²) in [5.41, 5.74) is 0. The maximum Gasteiger partial charge on any atom is 0.00954 e. The molecule has 1 saturated heterocycles. The van der Waals surface area contributed by atoms with Gasteiger partial charge < -0.3 is 4.90 Å². The van der Waals surface area contributed by atoms with E-state index >= 15 is 0 Å². The van der Waals surface area contributed by atoms with E-state index in [4.69, 9.17) is 0 Å².